The number of carbonyl (C=O) groups is 2. The number of anilines is 1. The molecule has 5 rings (SSSR count). The molecule has 2 aliphatic carbocycles. The van der Waals surface area contributed by atoms with Gasteiger partial charge in [0.2, 0.25) is 5.91 Å². The molecule has 0 radical (unpaired) electrons. The number of nitrogens with zero attached hydrogens (tertiary/aromatic N) is 2. The van der Waals surface area contributed by atoms with Gasteiger partial charge in [0.05, 0.1) is 6.54 Å². The summed E-state index contributed by atoms with van der Waals surface area (Å²) < 4.78 is 0. The third-order valence-corrected chi connectivity index (χ3v) is 5.72. The lowest BCUT2D eigenvalue weighted by Crippen LogP contribution is -2.47. The Morgan fingerprint density at radius 2 is 2.15 bits per heavy atom. The van der Waals surface area contributed by atoms with Crippen molar-refractivity contribution in [3.63, 3.8) is 0 Å². The summed E-state index contributed by atoms with van der Waals surface area (Å²) in [5.74, 6) is 0.836. The number of piperazine rings is 1. The molecule has 2 N–H and O–H groups in total. The Balaban J connectivity index is 1.29. The Morgan fingerprint density at radius 1 is 1.27 bits per heavy atom. The minimum atomic E-state index is -0.134. The summed E-state index contributed by atoms with van der Waals surface area (Å²) >= 11 is 0. The average Bonchev–Trinajstić information content (AvgIpc) is 3.18. The molecule has 1 saturated carbocycles. The molecule has 0 spiro atoms. The number of pyridine rings is 1. The average molecular weight is 348 g/mol. The molecule has 2 heterocycles. The van der Waals surface area contributed by atoms with Gasteiger partial charge in [0.1, 0.15) is 5.69 Å². The first kappa shape index (κ1) is 15.4. The predicted octanol–water partition coefficient (Wildman–Crippen LogP) is 1.09. The summed E-state index contributed by atoms with van der Waals surface area (Å²) in [7, 11) is 0. The number of rotatable bonds is 3. The zero-order valence-corrected chi connectivity index (χ0v) is 14.3. The number of carbonyl (C=O) groups excluding carboxylic acids is 2. The smallest absolute Gasteiger partial charge is 0.270 e. The Morgan fingerprint density at radius 3 is 3.04 bits per heavy atom. The summed E-state index contributed by atoms with van der Waals surface area (Å²) in [6.45, 7) is 1.67. The quantitative estimate of drug-likeness (QED) is 0.871. The van der Waals surface area contributed by atoms with E-state index in [-0.39, 0.29) is 17.9 Å². The van der Waals surface area contributed by atoms with Crippen molar-refractivity contribution < 1.29 is 9.59 Å². The highest BCUT2D eigenvalue weighted by Crippen LogP contribution is 2.56. The van der Waals surface area contributed by atoms with Crippen molar-refractivity contribution in [3.05, 3.63) is 59.4 Å². The maximum absolute atomic E-state index is 12.7. The van der Waals surface area contributed by atoms with E-state index in [2.05, 4.69) is 39.9 Å². The van der Waals surface area contributed by atoms with Crippen molar-refractivity contribution in [3.8, 4) is 0 Å². The topological polar surface area (TPSA) is 74.3 Å². The molecular formula is C20H20N4O2. The van der Waals surface area contributed by atoms with Crippen LogP contribution in [0.4, 0.5) is 5.69 Å². The van der Waals surface area contributed by atoms with Crippen molar-refractivity contribution in [2.45, 2.75) is 18.4 Å². The monoisotopic (exact) mass is 348 g/mol. The lowest BCUT2D eigenvalue weighted by atomic mass is 10.1. The van der Waals surface area contributed by atoms with Crippen molar-refractivity contribution in [1.29, 1.82) is 0 Å². The van der Waals surface area contributed by atoms with Gasteiger partial charge in [-0.2, -0.15) is 0 Å². The lowest BCUT2D eigenvalue weighted by Gasteiger charge is -2.28. The maximum atomic E-state index is 12.7. The summed E-state index contributed by atoms with van der Waals surface area (Å²) in [6.07, 6.45) is 2.68. The molecule has 2 fully saturated rings. The van der Waals surface area contributed by atoms with E-state index in [9.17, 15) is 9.59 Å². The first-order chi connectivity index (χ1) is 12.7. The molecule has 1 aromatic heterocycles. The zero-order chi connectivity index (χ0) is 17.7. The fourth-order valence-electron chi connectivity index (χ4n) is 4.37. The van der Waals surface area contributed by atoms with Gasteiger partial charge in [-0.25, -0.2) is 0 Å². The second-order valence-electron chi connectivity index (χ2n) is 7.26. The molecule has 26 heavy (non-hydrogen) atoms. The molecule has 3 atom stereocenters. The minimum Gasteiger partial charge on any atom is -0.360 e. The van der Waals surface area contributed by atoms with Gasteiger partial charge >= 0.3 is 0 Å². The first-order valence-corrected chi connectivity index (χ1v) is 9.07. The number of hydrogen-bond acceptors (Lipinski definition) is 4. The van der Waals surface area contributed by atoms with Crippen LogP contribution in [0.25, 0.3) is 0 Å². The Bertz CT molecular complexity index is 897. The number of fused-ring (bicyclic) bond motifs is 3. The summed E-state index contributed by atoms with van der Waals surface area (Å²) in [5, 5.41) is 5.96. The van der Waals surface area contributed by atoms with Gasteiger partial charge in [0, 0.05) is 36.9 Å². The number of aromatic nitrogens is 1. The lowest BCUT2D eigenvalue weighted by molar-refractivity contribution is -0.120. The van der Waals surface area contributed by atoms with E-state index in [0.29, 0.717) is 30.6 Å². The fraction of sp³-hybridized carbons (Fsp3) is 0.350. The van der Waals surface area contributed by atoms with Crippen molar-refractivity contribution >= 4 is 17.5 Å². The van der Waals surface area contributed by atoms with Crippen molar-refractivity contribution in [2.24, 2.45) is 5.92 Å². The van der Waals surface area contributed by atoms with E-state index in [1.807, 2.05) is 11.0 Å². The van der Waals surface area contributed by atoms with Crippen LogP contribution in [0.15, 0.2) is 42.6 Å². The van der Waals surface area contributed by atoms with Crippen LogP contribution in [0, 0.1) is 5.92 Å². The highest BCUT2D eigenvalue weighted by atomic mass is 16.2. The molecule has 2 amide bonds. The summed E-state index contributed by atoms with van der Waals surface area (Å²) in [6, 6.07) is 12.3. The van der Waals surface area contributed by atoms with Gasteiger partial charge in [-0.15, -0.1) is 0 Å². The molecule has 6 nitrogen and oxygen atoms in total. The van der Waals surface area contributed by atoms with Crippen LogP contribution in [-0.4, -0.2) is 42.5 Å². The number of benzene rings is 1. The van der Waals surface area contributed by atoms with Crippen LogP contribution in [0.1, 0.15) is 27.5 Å². The van der Waals surface area contributed by atoms with Gasteiger partial charge in [-0.3, -0.25) is 14.6 Å². The van der Waals surface area contributed by atoms with Gasteiger partial charge in [-0.1, -0.05) is 24.3 Å². The molecule has 3 aliphatic rings. The Labute approximate surface area is 151 Å². The number of hydrogen-bond donors (Lipinski definition) is 2. The summed E-state index contributed by atoms with van der Waals surface area (Å²) in [5.41, 5.74) is 4.06. The third-order valence-electron chi connectivity index (χ3n) is 5.72. The van der Waals surface area contributed by atoms with Crippen LogP contribution in [0.3, 0.4) is 0 Å². The Hall–Kier alpha value is -2.89. The molecule has 1 aliphatic heterocycles. The summed E-state index contributed by atoms with van der Waals surface area (Å²) in [4.78, 5) is 30.5. The zero-order valence-electron chi connectivity index (χ0n) is 14.3. The standard InChI is InChI=1S/C20H20N4O2/c25-17-11-24(8-7-22-17)13-5-6-21-16(10-13)20(26)23-19-15-9-12-3-1-2-4-14(12)18(15)19/h1-6,10,15,18-19H,7-9,11H2,(H,22,25)(H,23,26)/t15-,18+,19+/m0/s1. The van der Waals surface area contributed by atoms with E-state index in [1.165, 1.54) is 11.1 Å². The van der Waals surface area contributed by atoms with Crippen LogP contribution in [0.2, 0.25) is 0 Å². The number of amides is 2. The van der Waals surface area contributed by atoms with E-state index in [0.717, 1.165) is 18.7 Å². The molecule has 0 bridgehead atoms. The highest BCUT2D eigenvalue weighted by Gasteiger charge is 2.56. The second kappa shape index (κ2) is 5.83. The van der Waals surface area contributed by atoms with Crippen LogP contribution >= 0.6 is 0 Å². The SMILES string of the molecule is O=C1CN(c2ccnc(C(=O)N[C@@H]3[C@H]4Cc5ccccc5[C@H]43)c2)CCN1. The van der Waals surface area contributed by atoms with E-state index < -0.39 is 0 Å². The third kappa shape index (κ3) is 2.53. The van der Waals surface area contributed by atoms with Gasteiger partial charge in [-0.05, 0) is 35.6 Å². The van der Waals surface area contributed by atoms with E-state index >= 15 is 0 Å². The second-order valence-corrected chi connectivity index (χ2v) is 7.26. The molecule has 1 aromatic carbocycles. The van der Waals surface area contributed by atoms with E-state index in [1.54, 1.807) is 12.3 Å². The fourth-order valence-corrected chi connectivity index (χ4v) is 4.37. The highest BCUT2D eigenvalue weighted by molar-refractivity contribution is 5.94. The van der Waals surface area contributed by atoms with Gasteiger partial charge < -0.3 is 15.5 Å². The van der Waals surface area contributed by atoms with E-state index in [4.69, 9.17) is 0 Å². The molecule has 2 aromatic rings. The van der Waals surface area contributed by atoms with Crippen molar-refractivity contribution in [2.75, 3.05) is 24.5 Å². The molecular weight excluding hydrogens is 328 g/mol. The van der Waals surface area contributed by atoms with Crippen LogP contribution < -0.4 is 15.5 Å². The van der Waals surface area contributed by atoms with Crippen molar-refractivity contribution in [1.82, 2.24) is 15.6 Å². The normalized spacial score (nSPS) is 25.9. The largest absolute Gasteiger partial charge is 0.360 e. The predicted molar refractivity (Wildman–Crippen MR) is 97.1 cm³/mol. The first-order valence-electron chi connectivity index (χ1n) is 9.07. The molecule has 1 saturated heterocycles. The van der Waals surface area contributed by atoms with Crippen LogP contribution in [-0.2, 0) is 11.2 Å². The minimum absolute atomic E-state index is 0.00327. The maximum Gasteiger partial charge on any atom is 0.270 e. The Kier molecular flexibility index (Phi) is 3.45. The molecule has 0 unspecified atom stereocenters. The molecule has 6 heteroatoms. The number of nitrogens with one attached hydrogen (secondary N) is 2. The van der Waals surface area contributed by atoms with Gasteiger partial charge in [0.25, 0.3) is 5.91 Å². The molecule has 132 valence electrons. The van der Waals surface area contributed by atoms with Crippen LogP contribution in [0.5, 0.6) is 0 Å². The van der Waals surface area contributed by atoms with Gasteiger partial charge in [0.15, 0.2) is 0 Å².